The lowest BCUT2D eigenvalue weighted by Crippen LogP contribution is -2.57. The molecule has 1 aromatic heterocycles. The van der Waals surface area contributed by atoms with Crippen LogP contribution >= 0.6 is 0 Å². The molecule has 150 valence electrons. The second-order valence-corrected chi connectivity index (χ2v) is 8.08. The second kappa shape index (κ2) is 9.33. The van der Waals surface area contributed by atoms with Gasteiger partial charge in [0.15, 0.2) is 5.69 Å². The van der Waals surface area contributed by atoms with Crippen molar-refractivity contribution in [2.75, 3.05) is 20.1 Å². The maximum absolute atomic E-state index is 13.0. The summed E-state index contributed by atoms with van der Waals surface area (Å²) < 4.78 is 1.79. The average molecular weight is 376 g/mol. The molecule has 1 aromatic rings. The van der Waals surface area contributed by atoms with Crippen LogP contribution in [0.3, 0.4) is 0 Å². The highest BCUT2D eigenvalue weighted by atomic mass is 16.2. The molecule has 2 amide bonds. The van der Waals surface area contributed by atoms with E-state index in [1.165, 1.54) is 32.1 Å². The van der Waals surface area contributed by atoms with Gasteiger partial charge < -0.3 is 9.80 Å². The van der Waals surface area contributed by atoms with E-state index in [1.54, 1.807) is 20.7 Å². The predicted molar refractivity (Wildman–Crippen MR) is 103 cm³/mol. The van der Waals surface area contributed by atoms with E-state index in [9.17, 15) is 9.59 Å². The Morgan fingerprint density at radius 1 is 1.19 bits per heavy atom. The number of unbranched alkanes of at least 4 members (excludes halogenated alkanes) is 1. The fraction of sp³-hybridized carbons (Fsp3) is 0.800. The predicted octanol–water partition coefficient (Wildman–Crippen LogP) is 2.72. The zero-order chi connectivity index (χ0) is 19.2. The second-order valence-electron chi connectivity index (χ2n) is 8.08. The van der Waals surface area contributed by atoms with Gasteiger partial charge in [-0.3, -0.25) is 14.3 Å². The van der Waals surface area contributed by atoms with E-state index in [0.717, 1.165) is 31.7 Å². The molecule has 0 bridgehead atoms. The van der Waals surface area contributed by atoms with Crippen molar-refractivity contribution < 1.29 is 9.59 Å². The molecule has 7 heteroatoms. The highest BCUT2D eigenvalue weighted by Crippen LogP contribution is 2.26. The highest BCUT2D eigenvalue weighted by molar-refractivity contribution is 5.96. The third-order valence-electron chi connectivity index (χ3n) is 6.05. The van der Waals surface area contributed by atoms with Gasteiger partial charge in [0.25, 0.3) is 5.91 Å². The molecule has 1 saturated heterocycles. The molecule has 0 radical (unpaired) electrons. The van der Waals surface area contributed by atoms with Gasteiger partial charge in [0, 0.05) is 26.7 Å². The number of carbonyl (C=O) groups is 2. The van der Waals surface area contributed by atoms with Gasteiger partial charge in [0.05, 0.1) is 6.20 Å². The number of aromatic nitrogens is 3. The van der Waals surface area contributed by atoms with Crippen molar-refractivity contribution in [1.82, 2.24) is 24.8 Å². The normalized spacial score (nSPS) is 21.7. The minimum absolute atomic E-state index is 0.0349. The number of carbonyl (C=O) groups excluding carboxylic acids is 2. The van der Waals surface area contributed by atoms with E-state index in [4.69, 9.17) is 0 Å². The number of nitrogens with zero attached hydrogens (tertiary/aromatic N) is 5. The van der Waals surface area contributed by atoms with Crippen molar-refractivity contribution in [3.8, 4) is 0 Å². The van der Waals surface area contributed by atoms with Crippen LogP contribution in [0, 0.1) is 5.92 Å². The lowest BCUT2D eigenvalue weighted by Gasteiger charge is -2.38. The van der Waals surface area contributed by atoms with Crippen LogP contribution in [-0.4, -0.2) is 62.8 Å². The third kappa shape index (κ3) is 4.87. The summed E-state index contributed by atoms with van der Waals surface area (Å²) in [7, 11) is 1.81. The van der Waals surface area contributed by atoms with E-state index < -0.39 is 0 Å². The fourth-order valence-corrected chi connectivity index (χ4v) is 4.27. The molecule has 7 nitrogen and oxygen atoms in total. The van der Waals surface area contributed by atoms with Gasteiger partial charge in [0.1, 0.15) is 6.04 Å². The summed E-state index contributed by atoms with van der Waals surface area (Å²) in [5.74, 6) is 0.644. The van der Waals surface area contributed by atoms with Crippen LogP contribution in [0.2, 0.25) is 0 Å². The fourth-order valence-electron chi connectivity index (χ4n) is 4.27. The molecule has 2 aliphatic rings. The van der Waals surface area contributed by atoms with Crippen LogP contribution < -0.4 is 0 Å². The van der Waals surface area contributed by atoms with Gasteiger partial charge in [-0.25, -0.2) is 0 Å². The van der Waals surface area contributed by atoms with E-state index in [1.807, 2.05) is 7.05 Å². The van der Waals surface area contributed by atoms with Gasteiger partial charge in [-0.05, 0) is 18.8 Å². The molecule has 2 fully saturated rings. The topological polar surface area (TPSA) is 71.3 Å². The first-order valence-electron chi connectivity index (χ1n) is 10.6. The summed E-state index contributed by atoms with van der Waals surface area (Å²) in [6.45, 7) is 4.04. The number of amides is 2. The molecule has 0 aromatic carbocycles. The molecule has 1 unspecified atom stereocenters. The minimum Gasteiger partial charge on any atom is -0.342 e. The van der Waals surface area contributed by atoms with Crippen molar-refractivity contribution in [2.45, 2.75) is 77.3 Å². The Hall–Kier alpha value is -1.92. The lowest BCUT2D eigenvalue weighted by atomic mass is 9.87. The van der Waals surface area contributed by atoms with Crippen molar-refractivity contribution in [3.05, 3.63) is 11.9 Å². The first-order chi connectivity index (χ1) is 13.1. The Kier molecular flexibility index (Phi) is 6.85. The summed E-state index contributed by atoms with van der Waals surface area (Å²) >= 11 is 0. The summed E-state index contributed by atoms with van der Waals surface area (Å²) in [5.41, 5.74) is 0.359. The van der Waals surface area contributed by atoms with E-state index >= 15 is 0 Å². The first-order valence-corrected chi connectivity index (χ1v) is 10.6. The van der Waals surface area contributed by atoms with Crippen LogP contribution in [0.1, 0.15) is 75.2 Å². The molecule has 1 aliphatic carbocycles. The maximum atomic E-state index is 13.0. The SMILES string of the molecule is CCCCC1C(=O)N(C)CCN1C(=O)c1cn(CCC2CCCCC2)nn1. The molecule has 1 aliphatic heterocycles. The van der Waals surface area contributed by atoms with Crippen molar-refractivity contribution in [3.63, 3.8) is 0 Å². The summed E-state index contributed by atoms with van der Waals surface area (Å²) in [4.78, 5) is 29.0. The molecule has 0 spiro atoms. The standard InChI is InChI=1S/C20H33N5O2/c1-3-4-10-18-20(27)23(2)13-14-25(18)19(26)17-15-24(22-21-17)12-11-16-8-6-5-7-9-16/h15-16,18H,3-14H2,1-2H3. The summed E-state index contributed by atoms with van der Waals surface area (Å²) in [5, 5.41) is 8.27. The number of piperazine rings is 1. The Morgan fingerprint density at radius 2 is 1.96 bits per heavy atom. The number of hydrogen-bond acceptors (Lipinski definition) is 4. The van der Waals surface area contributed by atoms with Crippen molar-refractivity contribution >= 4 is 11.8 Å². The van der Waals surface area contributed by atoms with Gasteiger partial charge in [-0.15, -0.1) is 5.10 Å². The zero-order valence-corrected chi connectivity index (χ0v) is 16.8. The zero-order valence-electron chi connectivity index (χ0n) is 16.8. The van der Waals surface area contributed by atoms with Gasteiger partial charge in [-0.2, -0.15) is 0 Å². The average Bonchev–Trinajstić information content (AvgIpc) is 3.17. The maximum Gasteiger partial charge on any atom is 0.276 e. The van der Waals surface area contributed by atoms with Gasteiger partial charge in [0.2, 0.25) is 5.91 Å². The quantitative estimate of drug-likeness (QED) is 0.735. The number of aryl methyl sites for hydroxylation is 1. The van der Waals surface area contributed by atoms with Gasteiger partial charge in [-0.1, -0.05) is 57.1 Å². The summed E-state index contributed by atoms with van der Waals surface area (Å²) in [6, 6.07) is -0.372. The smallest absolute Gasteiger partial charge is 0.276 e. The third-order valence-corrected chi connectivity index (χ3v) is 6.05. The van der Waals surface area contributed by atoms with Crippen molar-refractivity contribution in [1.29, 1.82) is 0 Å². The molecule has 0 N–H and O–H groups in total. The molecular formula is C20H33N5O2. The minimum atomic E-state index is -0.372. The summed E-state index contributed by atoms with van der Waals surface area (Å²) in [6.07, 6.45) is 12.2. The Morgan fingerprint density at radius 3 is 2.70 bits per heavy atom. The first kappa shape index (κ1) is 19.8. The molecule has 2 heterocycles. The largest absolute Gasteiger partial charge is 0.342 e. The Labute approximate surface area is 162 Å². The monoisotopic (exact) mass is 375 g/mol. The van der Waals surface area contributed by atoms with Crippen LogP contribution in [-0.2, 0) is 11.3 Å². The van der Waals surface area contributed by atoms with Crippen LogP contribution in [0.25, 0.3) is 0 Å². The Balaban J connectivity index is 1.61. The van der Waals surface area contributed by atoms with Crippen LogP contribution in [0.5, 0.6) is 0 Å². The Bertz CT molecular complexity index is 638. The van der Waals surface area contributed by atoms with Gasteiger partial charge >= 0.3 is 0 Å². The number of rotatable bonds is 7. The number of hydrogen-bond donors (Lipinski definition) is 0. The number of likely N-dealkylation sites (N-methyl/N-ethyl adjacent to an activating group) is 1. The molecule has 27 heavy (non-hydrogen) atoms. The highest BCUT2D eigenvalue weighted by Gasteiger charge is 2.36. The molecule has 1 saturated carbocycles. The van der Waals surface area contributed by atoms with Crippen LogP contribution in [0.4, 0.5) is 0 Å². The van der Waals surface area contributed by atoms with E-state index in [-0.39, 0.29) is 17.9 Å². The van der Waals surface area contributed by atoms with E-state index in [2.05, 4.69) is 17.2 Å². The van der Waals surface area contributed by atoms with Crippen LogP contribution in [0.15, 0.2) is 6.20 Å². The van der Waals surface area contributed by atoms with Crippen molar-refractivity contribution in [2.24, 2.45) is 5.92 Å². The van der Waals surface area contributed by atoms with E-state index in [0.29, 0.717) is 25.2 Å². The molecular weight excluding hydrogens is 342 g/mol. The molecule has 1 atom stereocenters. The lowest BCUT2D eigenvalue weighted by molar-refractivity contribution is -0.138. The molecule has 3 rings (SSSR count).